The second kappa shape index (κ2) is 9.47. The Labute approximate surface area is 213 Å². The van der Waals surface area contributed by atoms with E-state index in [4.69, 9.17) is 8.83 Å². The van der Waals surface area contributed by atoms with Crippen LogP contribution in [0, 0.1) is 6.92 Å². The number of aromatic nitrogens is 4. The quantitative estimate of drug-likeness (QED) is 0.213. The van der Waals surface area contributed by atoms with Crippen LogP contribution in [0.2, 0.25) is 0 Å². The summed E-state index contributed by atoms with van der Waals surface area (Å²) < 4.78 is 78.2. The molecule has 0 aliphatic rings. The van der Waals surface area contributed by atoms with Gasteiger partial charge in [-0.25, -0.2) is 8.78 Å². The van der Waals surface area contributed by atoms with E-state index in [9.17, 15) is 22.0 Å². The zero-order valence-electron chi connectivity index (χ0n) is 20.0. The Balaban J connectivity index is 1.34. The number of halogens is 5. The minimum absolute atomic E-state index is 0.0287. The van der Waals surface area contributed by atoms with Crippen molar-refractivity contribution in [2.45, 2.75) is 31.9 Å². The van der Waals surface area contributed by atoms with E-state index in [1.165, 1.54) is 12.1 Å². The fraction of sp³-hybridized carbons (Fsp3) is 0.185. The normalized spacial score (nSPS) is 13.6. The van der Waals surface area contributed by atoms with Crippen LogP contribution >= 0.6 is 0 Å². The van der Waals surface area contributed by atoms with Crippen molar-refractivity contribution in [1.29, 1.82) is 0 Å². The maximum atomic E-state index is 13.4. The number of hydrogen-bond donors (Lipinski definition) is 0. The number of hydrogen-bond acceptors (Lipinski definition) is 6. The van der Waals surface area contributed by atoms with Crippen molar-refractivity contribution in [3.05, 3.63) is 83.9 Å². The Morgan fingerprint density at radius 2 is 0.895 bits per heavy atom. The molecule has 0 bridgehead atoms. The van der Waals surface area contributed by atoms with Crippen LogP contribution < -0.4 is 0 Å². The first-order valence-electron chi connectivity index (χ1n) is 11.4. The highest BCUT2D eigenvalue weighted by Crippen LogP contribution is 2.45. The molecule has 1 unspecified atom stereocenters. The standard InChI is InChI=1S/C27H19F5N4O2/c1-15-3-5-16(6-4-15)21-33-34-22(37-21)17-7-9-18(10-8-17)23-35-36-24(38-23)19-11-13-20(14-12-19)26(2,25(28)29)27(30,31)32/h3-14,25H,1-2H3. The smallest absolute Gasteiger partial charge is 0.403 e. The molecule has 0 fully saturated rings. The molecule has 0 amide bonds. The SMILES string of the molecule is Cc1ccc(-c2nnc(-c3ccc(-c4nnc(-c5ccc(C(C)(C(F)F)C(F)(F)F)cc5)o4)cc3)o2)cc1. The lowest BCUT2D eigenvalue weighted by Gasteiger charge is -2.31. The summed E-state index contributed by atoms with van der Waals surface area (Å²) in [6, 6.07) is 19.0. The van der Waals surface area contributed by atoms with Crippen molar-refractivity contribution in [1.82, 2.24) is 20.4 Å². The van der Waals surface area contributed by atoms with Crippen molar-refractivity contribution in [2.24, 2.45) is 0 Å². The van der Waals surface area contributed by atoms with Gasteiger partial charge in [-0.3, -0.25) is 0 Å². The van der Waals surface area contributed by atoms with E-state index in [0.29, 0.717) is 29.8 Å². The van der Waals surface area contributed by atoms with Gasteiger partial charge in [-0.1, -0.05) is 29.8 Å². The zero-order valence-corrected chi connectivity index (χ0v) is 20.0. The molecule has 5 rings (SSSR count). The molecule has 5 aromatic rings. The summed E-state index contributed by atoms with van der Waals surface area (Å²) in [4.78, 5) is 0. The third kappa shape index (κ3) is 4.55. The van der Waals surface area contributed by atoms with Crippen LogP contribution in [-0.4, -0.2) is 33.0 Å². The second-order valence-corrected chi connectivity index (χ2v) is 8.85. The molecule has 6 nitrogen and oxygen atoms in total. The average Bonchev–Trinajstić information content (AvgIpc) is 3.59. The minimum atomic E-state index is -5.13. The molecule has 0 radical (unpaired) electrons. The Bertz CT molecular complexity index is 1540. The summed E-state index contributed by atoms with van der Waals surface area (Å²) in [6.07, 6.45) is -8.76. The molecule has 3 aromatic carbocycles. The van der Waals surface area contributed by atoms with Gasteiger partial charge in [0.05, 0.1) is 0 Å². The van der Waals surface area contributed by atoms with Gasteiger partial charge in [0, 0.05) is 22.3 Å². The van der Waals surface area contributed by atoms with Crippen LogP contribution in [0.4, 0.5) is 22.0 Å². The molecule has 194 valence electrons. The van der Waals surface area contributed by atoms with Crippen LogP contribution in [0.1, 0.15) is 18.1 Å². The van der Waals surface area contributed by atoms with Crippen molar-refractivity contribution in [3.8, 4) is 45.8 Å². The van der Waals surface area contributed by atoms with Gasteiger partial charge < -0.3 is 8.83 Å². The molecule has 0 saturated heterocycles. The van der Waals surface area contributed by atoms with E-state index >= 15 is 0 Å². The van der Waals surface area contributed by atoms with Gasteiger partial charge in [0.2, 0.25) is 23.6 Å². The maximum absolute atomic E-state index is 13.4. The van der Waals surface area contributed by atoms with Crippen molar-refractivity contribution < 1.29 is 30.8 Å². The lowest BCUT2D eigenvalue weighted by atomic mass is 9.82. The Kier molecular flexibility index (Phi) is 6.29. The molecule has 0 saturated carbocycles. The Morgan fingerprint density at radius 3 is 1.21 bits per heavy atom. The summed E-state index contributed by atoms with van der Waals surface area (Å²) in [5.74, 6) is 0.907. The van der Waals surface area contributed by atoms with Crippen LogP contribution in [0.3, 0.4) is 0 Å². The van der Waals surface area contributed by atoms with E-state index in [-0.39, 0.29) is 17.3 Å². The summed E-state index contributed by atoms with van der Waals surface area (Å²) in [7, 11) is 0. The highest BCUT2D eigenvalue weighted by molar-refractivity contribution is 5.64. The minimum Gasteiger partial charge on any atom is -0.416 e. The molecule has 0 aliphatic heterocycles. The molecular formula is C27H19F5N4O2. The van der Waals surface area contributed by atoms with E-state index < -0.39 is 23.6 Å². The predicted octanol–water partition coefficient (Wildman–Crippen LogP) is 7.51. The van der Waals surface area contributed by atoms with Crippen LogP contribution in [-0.2, 0) is 5.41 Å². The summed E-state index contributed by atoms with van der Waals surface area (Å²) in [6.45, 7) is 2.45. The van der Waals surface area contributed by atoms with Gasteiger partial charge in [-0.05, 0) is 67.9 Å². The van der Waals surface area contributed by atoms with Crippen molar-refractivity contribution >= 4 is 0 Å². The average molecular weight is 526 g/mol. The summed E-state index contributed by atoms with van der Waals surface area (Å²) >= 11 is 0. The number of benzene rings is 3. The predicted molar refractivity (Wildman–Crippen MR) is 128 cm³/mol. The Hall–Kier alpha value is -4.41. The first kappa shape index (κ1) is 25.2. The van der Waals surface area contributed by atoms with Crippen LogP contribution in [0.15, 0.2) is 81.6 Å². The van der Waals surface area contributed by atoms with E-state index in [1.807, 2.05) is 31.2 Å². The molecule has 1 atom stereocenters. The molecular weight excluding hydrogens is 507 g/mol. The van der Waals surface area contributed by atoms with Gasteiger partial charge in [-0.15, -0.1) is 20.4 Å². The fourth-order valence-corrected chi connectivity index (χ4v) is 3.74. The highest BCUT2D eigenvalue weighted by atomic mass is 19.4. The summed E-state index contributed by atoms with van der Waals surface area (Å²) in [5, 5.41) is 16.1. The number of alkyl halides is 5. The molecule has 0 N–H and O–H groups in total. The molecule has 38 heavy (non-hydrogen) atoms. The molecule has 2 heterocycles. The molecule has 0 aliphatic carbocycles. The summed E-state index contributed by atoms with van der Waals surface area (Å²) in [5.41, 5.74) is -0.419. The largest absolute Gasteiger partial charge is 0.416 e. The zero-order chi connectivity index (χ0) is 27.1. The second-order valence-electron chi connectivity index (χ2n) is 8.85. The number of aryl methyl sites for hydroxylation is 1. The van der Waals surface area contributed by atoms with E-state index in [1.54, 1.807) is 24.3 Å². The van der Waals surface area contributed by atoms with Gasteiger partial charge >= 0.3 is 6.18 Å². The lowest BCUT2D eigenvalue weighted by molar-refractivity contribution is -0.219. The molecule has 2 aromatic heterocycles. The maximum Gasteiger partial charge on any atom is 0.403 e. The lowest BCUT2D eigenvalue weighted by Crippen LogP contribution is -2.45. The van der Waals surface area contributed by atoms with Gasteiger partial charge in [0.25, 0.3) is 6.43 Å². The highest BCUT2D eigenvalue weighted by Gasteiger charge is 2.58. The van der Waals surface area contributed by atoms with Gasteiger partial charge in [0.15, 0.2) is 0 Å². The van der Waals surface area contributed by atoms with Crippen LogP contribution in [0.25, 0.3) is 45.8 Å². The third-order valence-electron chi connectivity index (χ3n) is 6.28. The molecule has 0 spiro atoms. The first-order valence-corrected chi connectivity index (χ1v) is 11.4. The monoisotopic (exact) mass is 526 g/mol. The topological polar surface area (TPSA) is 77.8 Å². The number of nitrogens with zero attached hydrogens (tertiary/aromatic N) is 4. The van der Waals surface area contributed by atoms with Gasteiger partial charge in [-0.2, -0.15) is 13.2 Å². The van der Waals surface area contributed by atoms with E-state index in [2.05, 4.69) is 20.4 Å². The van der Waals surface area contributed by atoms with Gasteiger partial charge in [0.1, 0.15) is 5.41 Å². The third-order valence-corrected chi connectivity index (χ3v) is 6.28. The van der Waals surface area contributed by atoms with Crippen molar-refractivity contribution in [3.63, 3.8) is 0 Å². The Morgan fingerprint density at radius 1 is 0.579 bits per heavy atom. The van der Waals surface area contributed by atoms with E-state index in [0.717, 1.165) is 23.3 Å². The molecule has 11 heteroatoms. The van der Waals surface area contributed by atoms with Crippen LogP contribution in [0.5, 0.6) is 0 Å². The first-order chi connectivity index (χ1) is 18.1. The fourth-order valence-electron chi connectivity index (χ4n) is 3.74. The number of rotatable bonds is 6. The van der Waals surface area contributed by atoms with Crippen molar-refractivity contribution in [2.75, 3.05) is 0 Å².